The van der Waals surface area contributed by atoms with E-state index in [0.29, 0.717) is 10.6 Å². The lowest BCUT2D eigenvalue weighted by atomic mass is 9.94. The monoisotopic (exact) mass is 307 g/mol. The van der Waals surface area contributed by atoms with Crippen LogP contribution in [0, 0.1) is 19.7 Å². The molecule has 1 unspecified atom stereocenters. The van der Waals surface area contributed by atoms with E-state index in [1.54, 1.807) is 26.3 Å². The maximum Gasteiger partial charge on any atom is 0.128 e. The maximum absolute atomic E-state index is 14.2. The second kappa shape index (κ2) is 6.46. The quantitative estimate of drug-likeness (QED) is 0.903. The highest BCUT2D eigenvalue weighted by Gasteiger charge is 2.21. The Hall–Kier alpha value is -1.58. The molecule has 2 nitrogen and oxygen atoms in total. The molecule has 0 saturated heterocycles. The average molecular weight is 308 g/mol. The van der Waals surface area contributed by atoms with Crippen LogP contribution in [0.4, 0.5) is 4.39 Å². The van der Waals surface area contributed by atoms with E-state index < -0.39 is 0 Å². The van der Waals surface area contributed by atoms with Gasteiger partial charge in [0.05, 0.1) is 13.2 Å². The van der Waals surface area contributed by atoms with Gasteiger partial charge in [0.25, 0.3) is 0 Å². The number of halogens is 2. The molecule has 0 amide bonds. The third kappa shape index (κ3) is 3.04. The van der Waals surface area contributed by atoms with Crippen LogP contribution in [0.15, 0.2) is 30.3 Å². The first-order valence-corrected chi connectivity index (χ1v) is 7.13. The molecule has 2 aromatic carbocycles. The largest absolute Gasteiger partial charge is 0.496 e. The number of hydrogen-bond acceptors (Lipinski definition) is 2. The number of methoxy groups -OCH3 is 1. The van der Waals surface area contributed by atoms with Gasteiger partial charge >= 0.3 is 0 Å². The molecule has 2 rings (SSSR count). The van der Waals surface area contributed by atoms with Gasteiger partial charge < -0.3 is 10.1 Å². The van der Waals surface area contributed by atoms with Crippen LogP contribution >= 0.6 is 11.6 Å². The molecule has 2 aromatic rings. The van der Waals surface area contributed by atoms with E-state index >= 15 is 0 Å². The third-order valence-corrected chi connectivity index (χ3v) is 4.02. The highest BCUT2D eigenvalue weighted by atomic mass is 35.5. The summed E-state index contributed by atoms with van der Waals surface area (Å²) in [6.07, 6.45) is 0. The Morgan fingerprint density at radius 1 is 1.14 bits per heavy atom. The summed E-state index contributed by atoms with van der Waals surface area (Å²) in [5.41, 5.74) is 3.59. The number of aryl methyl sites for hydroxylation is 1. The van der Waals surface area contributed by atoms with E-state index in [1.807, 2.05) is 26.0 Å². The molecule has 0 aliphatic carbocycles. The second-order valence-corrected chi connectivity index (χ2v) is 5.45. The summed E-state index contributed by atoms with van der Waals surface area (Å²) in [7, 11) is 3.42. The molecular weight excluding hydrogens is 289 g/mol. The molecule has 0 aromatic heterocycles. The lowest BCUT2D eigenvalue weighted by molar-refractivity contribution is 0.401. The predicted molar refractivity (Wildman–Crippen MR) is 84.8 cm³/mol. The minimum absolute atomic E-state index is 0.293. The van der Waals surface area contributed by atoms with E-state index in [4.69, 9.17) is 16.3 Å². The predicted octanol–water partition coefficient (Wildman–Crippen LogP) is 4.41. The molecule has 0 radical (unpaired) electrons. The Morgan fingerprint density at radius 3 is 2.48 bits per heavy atom. The first kappa shape index (κ1) is 15.8. The molecule has 21 heavy (non-hydrogen) atoms. The number of hydrogen-bond donors (Lipinski definition) is 1. The van der Waals surface area contributed by atoms with Crippen LogP contribution in [-0.2, 0) is 0 Å². The van der Waals surface area contributed by atoms with E-state index in [0.717, 1.165) is 22.4 Å². The van der Waals surface area contributed by atoms with Gasteiger partial charge in [-0.15, -0.1) is 0 Å². The number of rotatable bonds is 4. The fourth-order valence-corrected chi connectivity index (χ4v) is 2.70. The van der Waals surface area contributed by atoms with Crippen molar-refractivity contribution < 1.29 is 9.13 Å². The van der Waals surface area contributed by atoms with Crippen molar-refractivity contribution in [3.05, 3.63) is 63.4 Å². The molecule has 4 heteroatoms. The van der Waals surface area contributed by atoms with E-state index in [-0.39, 0.29) is 11.9 Å². The Labute approximate surface area is 129 Å². The van der Waals surface area contributed by atoms with Gasteiger partial charge in [0.15, 0.2) is 0 Å². The summed E-state index contributed by atoms with van der Waals surface area (Å²) in [4.78, 5) is 0. The number of nitrogens with one attached hydrogen (secondary N) is 1. The van der Waals surface area contributed by atoms with Gasteiger partial charge in [-0.3, -0.25) is 0 Å². The molecule has 0 spiro atoms. The Kier molecular flexibility index (Phi) is 4.86. The molecule has 0 aliphatic heterocycles. The summed E-state index contributed by atoms with van der Waals surface area (Å²) in [5, 5.41) is 3.65. The van der Waals surface area contributed by atoms with Crippen LogP contribution in [-0.4, -0.2) is 14.2 Å². The SMILES string of the molecule is CNC(c1cc(Cl)ccc1F)c1ccc(C)c(C)c1OC. The molecule has 1 atom stereocenters. The van der Waals surface area contributed by atoms with Gasteiger partial charge in [0.2, 0.25) is 0 Å². The molecular formula is C17H19ClFNO. The minimum atomic E-state index is -0.321. The molecule has 0 saturated carbocycles. The summed E-state index contributed by atoms with van der Waals surface area (Å²) in [6.45, 7) is 4.02. The lowest BCUT2D eigenvalue weighted by Crippen LogP contribution is -2.20. The van der Waals surface area contributed by atoms with E-state index in [9.17, 15) is 4.39 Å². The Morgan fingerprint density at radius 2 is 1.86 bits per heavy atom. The molecule has 0 aliphatic rings. The van der Waals surface area contributed by atoms with Crippen LogP contribution < -0.4 is 10.1 Å². The van der Waals surface area contributed by atoms with Crippen molar-refractivity contribution in [3.63, 3.8) is 0 Å². The van der Waals surface area contributed by atoms with Crippen molar-refractivity contribution in [2.24, 2.45) is 0 Å². The fraction of sp³-hybridized carbons (Fsp3) is 0.294. The zero-order valence-corrected chi connectivity index (χ0v) is 13.4. The topological polar surface area (TPSA) is 21.3 Å². The number of benzene rings is 2. The van der Waals surface area contributed by atoms with Crippen molar-refractivity contribution in [1.82, 2.24) is 5.32 Å². The van der Waals surface area contributed by atoms with Crippen LogP contribution in [0.2, 0.25) is 5.02 Å². The summed E-state index contributed by atoms with van der Waals surface area (Å²) >= 11 is 6.01. The smallest absolute Gasteiger partial charge is 0.128 e. The first-order chi connectivity index (χ1) is 9.99. The summed E-state index contributed by atoms with van der Waals surface area (Å²) in [6, 6.07) is 8.23. The van der Waals surface area contributed by atoms with Crippen LogP contribution in [0.3, 0.4) is 0 Å². The maximum atomic E-state index is 14.2. The normalized spacial score (nSPS) is 12.3. The van der Waals surface area contributed by atoms with Gasteiger partial charge in [0.1, 0.15) is 11.6 Å². The Balaban J connectivity index is 2.62. The minimum Gasteiger partial charge on any atom is -0.496 e. The summed E-state index contributed by atoms with van der Waals surface area (Å²) < 4.78 is 19.7. The second-order valence-electron chi connectivity index (χ2n) is 5.02. The van der Waals surface area contributed by atoms with Crippen LogP contribution in [0.1, 0.15) is 28.3 Å². The van der Waals surface area contributed by atoms with E-state index in [2.05, 4.69) is 5.32 Å². The highest BCUT2D eigenvalue weighted by molar-refractivity contribution is 6.30. The van der Waals surface area contributed by atoms with Crippen molar-refractivity contribution in [3.8, 4) is 5.75 Å². The zero-order valence-electron chi connectivity index (χ0n) is 12.6. The van der Waals surface area contributed by atoms with Crippen molar-refractivity contribution in [2.75, 3.05) is 14.2 Å². The van der Waals surface area contributed by atoms with E-state index in [1.165, 1.54) is 6.07 Å². The Bertz CT molecular complexity index is 657. The van der Waals surface area contributed by atoms with Crippen molar-refractivity contribution >= 4 is 11.6 Å². The lowest BCUT2D eigenvalue weighted by Gasteiger charge is -2.22. The van der Waals surface area contributed by atoms with Crippen LogP contribution in [0.5, 0.6) is 5.75 Å². The van der Waals surface area contributed by atoms with Gasteiger partial charge in [0, 0.05) is 16.1 Å². The van der Waals surface area contributed by atoms with Gasteiger partial charge in [-0.05, 0) is 50.2 Å². The highest BCUT2D eigenvalue weighted by Crippen LogP contribution is 2.35. The van der Waals surface area contributed by atoms with Gasteiger partial charge in [-0.2, -0.15) is 0 Å². The standard InChI is InChI=1S/C17H19ClFNO/c1-10-5-7-13(17(21-4)11(10)2)16(20-3)14-9-12(18)6-8-15(14)19/h5-9,16,20H,1-4H3. The van der Waals surface area contributed by atoms with Crippen molar-refractivity contribution in [1.29, 1.82) is 0 Å². The number of ether oxygens (including phenoxy) is 1. The molecule has 0 bridgehead atoms. The van der Waals surface area contributed by atoms with Crippen LogP contribution in [0.25, 0.3) is 0 Å². The molecule has 0 fully saturated rings. The summed E-state index contributed by atoms with van der Waals surface area (Å²) in [5.74, 6) is 0.479. The van der Waals surface area contributed by atoms with Gasteiger partial charge in [-0.25, -0.2) is 4.39 Å². The fourth-order valence-electron chi connectivity index (χ4n) is 2.52. The zero-order chi connectivity index (χ0) is 15.6. The van der Waals surface area contributed by atoms with Gasteiger partial charge in [-0.1, -0.05) is 23.7 Å². The third-order valence-electron chi connectivity index (χ3n) is 3.78. The molecule has 112 valence electrons. The molecule has 1 N–H and O–H groups in total. The average Bonchev–Trinajstić information content (AvgIpc) is 2.47. The van der Waals surface area contributed by atoms with Crippen molar-refractivity contribution in [2.45, 2.75) is 19.9 Å². The first-order valence-electron chi connectivity index (χ1n) is 6.76. The molecule has 0 heterocycles.